The highest BCUT2D eigenvalue weighted by Gasteiger charge is 2.31. The summed E-state index contributed by atoms with van der Waals surface area (Å²) >= 11 is 0. The van der Waals surface area contributed by atoms with Crippen LogP contribution in [0.3, 0.4) is 0 Å². The number of methoxy groups -OCH3 is 1. The number of rotatable bonds is 8. The summed E-state index contributed by atoms with van der Waals surface area (Å²) in [5.74, 6) is 0.999. The van der Waals surface area contributed by atoms with Crippen molar-refractivity contribution in [2.24, 2.45) is 0 Å². The van der Waals surface area contributed by atoms with E-state index in [1.165, 1.54) is 12.1 Å². The second-order valence-corrected chi connectivity index (χ2v) is 6.50. The molecule has 2 aromatic carbocycles. The molecule has 0 radical (unpaired) electrons. The third-order valence-corrected chi connectivity index (χ3v) is 4.44. The maximum atomic E-state index is 13.1. The second kappa shape index (κ2) is 8.71. The molecule has 0 atom stereocenters. The lowest BCUT2D eigenvalue weighted by molar-refractivity contribution is -0.127. The number of nitrogens with zero attached hydrogens (tertiary/aromatic N) is 1. The zero-order valence-corrected chi connectivity index (χ0v) is 15.7. The first-order chi connectivity index (χ1) is 13.1. The SMILES string of the molecule is CCOc1cc(/C=C/C(=O)N(Cc2ccc(F)cc2)C2CC2)ccc1OC. The molecular formula is C22H24FNO3. The van der Waals surface area contributed by atoms with Gasteiger partial charge in [0.05, 0.1) is 13.7 Å². The van der Waals surface area contributed by atoms with E-state index >= 15 is 0 Å². The lowest BCUT2D eigenvalue weighted by Gasteiger charge is -2.21. The van der Waals surface area contributed by atoms with Gasteiger partial charge in [0.2, 0.25) is 5.91 Å². The molecule has 0 bridgehead atoms. The quantitative estimate of drug-likeness (QED) is 0.646. The molecule has 5 heteroatoms. The van der Waals surface area contributed by atoms with Crippen molar-refractivity contribution in [1.29, 1.82) is 0 Å². The number of halogens is 1. The van der Waals surface area contributed by atoms with Gasteiger partial charge in [0.25, 0.3) is 0 Å². The van der Waals surface area contributed by atoms with Crippen LogP contribution in [0.1, 0.15) is 30.9 Å². The van der Waals surface area contributed by atoms with Crippen LogP contribution in [-0.4, -0.2) is 30.6 Å². The van der Waals surface area contributed by atoms with E-state index in [4.69, 9.17) is 9.47 Å². The molecule has 0 N–H and O–H groups in total. The minimum absolute atomic E-state index is 0.0457. The Morgan fingerprint density at radius 1 is 1.19 bits per heavy atom. The molecular weight excluding hydrogens is 345 g/mol. The van der Waals surface area contributed by atoms with Crippen LogP contribution in [0.4, 0.5) is 4.39 Å². The third kappa shape index (κ3) is 5.09. The van der Waals surface area contributed by atoms with E-state index in [0.29, 0.717) is 24.7 Å². The Balaban J connectivity index is 1.71. The standard InChI is InChI=1S/C22H24FNO3/c1-3-27-21-14-16(6-12-20(21)26-2)7-13-22(25)24(19-10-11-19)15-17-4-8-18(23)9-5-17/h4-9,12-14,19H,3,10-11,15H2,1-2H3/b13-7+. The van der Waals surface area contributed by atoms with Gasteiger partial charge in [-0.3, -0.25) is 4.79 Å². The van der Waals surface area contributed by atoms with Gasteiger partial charge in [-0.05, 0) is 61.2 Å². The summed E-state index contributed by atoms with van der Waals surface area (Å²) in [6, 6.07) is 12.1. The van der Waals surface area contributed by atoms with Crippen molar-refractivity contribution in [1.82, 2.24) is 4.90 Å². The van der Waals surface area contributed by atoms with Crippen LogP contribution >= 0.6 is 0 Å². The van der Waals surface area contributed by atoms with Gasteiger partial charge in [0.1, 0.15) is 5.82 Å². The lowest BCUT2D eigenvalue weighted by atomic mass is 10.1. The molecule has 1 fully saturated rings. The Morgan fingerprint density at radius 3 is 2.56 bits per heavy atom. The monoisotopic (exact) mass is 369 g/mol. The fourth-order valence-corrected chi connectivity index (χ4v) is 2.89. The van der Waals surface area contributed by atoms with Gasteiger partial charge in [0, 0.05) is 18.7 Å². The van der Waals surface area contributed by atoms with E-state index in [1.807, 2.05) is 30.0 Å². The summed E-state index contributed by atoms with van der Waals surface area (Å²) in [5.41, 5.74) is 1.79. The molecule has 0 unspecified atom stereocenters. The minimum Gasteiger partial charge on any atom is -0.493 e. The first kappa shape index (κ1) is 19.0. The smallest absolute Gasteiger partial charge is 0.247 e. The van der Waals surface area contributed by atoms with Crippen LogP contribution in [0.2, 0.25) is 0 Å². The van der Waals surface area contributed by atoms with Gasteiger partial charge >= 0.3 is 0 Å². The number of hydrogen-bond acceptors (Lipinski definition) is 3. The van der Waals surface area contributed by atoms with Crippen molar-refractivity contribution in [3.63, 3.8) is 0 Å². The van der Waals surface area contributed by atoms with Crippen LogP contribution in [0.25, 0.3) is 6.08 Å². The maximum Gasteiger partial charge on any atom is 0.247 e. The Hall–Kier alpha value is -2.82. The zero-order valence-electron chi connectivity index (χ0n) is 15.7. The molecule has 1 aliphatic rings. The van der Waals surface area contributed by atoms with Gasteiger partial charge in [-0.15, -0.1) is 0 Å². The van der Waals surface area contributed by atoms with E-state index in [9.17, 15) is 9.18 Å². The summed E-state index contributed by atoms with van der Waals surface area (Å²) < 4.78 is 23.9. The average Bonchev–Trinajstić information content (AvgIpc) is 3.51. The molecule has 0 saturated heterocycles. The summed E-state index contributed by atoms with van der Waals surface area (Å²) in [7, 11) is 1.60. The van der Waals surface area contributed by atoms with E-state index in [-0.39, 0.29) is 17.8 Å². The molecule has 1 aliphatic carbocycles. The predicted octanol–water partition coefficient (Wildman–Crippen LogP) is 4.44. The molecule has 1 amide bonds. The molecule has 3 rings (SSSR count). The van der Waals surface area contributed by atoms with E-state index in [1.54, 1.807) is 31.4 Å². The van der Waals surface area contributed by atoms with E-state index in [0.717, 1.165) is 24.0 Å². The van der Waals surface area contributed by atoms with E-state index in [2.05, 4.69) is 0 Å². The molecule has 0 aromatic heterocycles. The number of benzene rings is 2. The average molecular weight is 369 g/mol. The molecule has 0 spiro atoms. The van der Waals surface area contributed by atoms with Crippen LogP contribution in [0, 0.1) is 5.82 Å². The molecule has 1 saturated carbocycles. The molecule has 0 aliphatic heterocycles. The van der Waals surface area contributed by atoms with Gasteiger partial charge in [-0.2, -0.15) is 0 Å². The predicted molar refractivity (Wildman–Crippen MR) is 103 cm³/mol. The van der Waals surface area contributed by atoms with Gasteiger partial charge in [-0.25, -0.2) is 4.39 Å². The number of hydrogen-bond donors (Lipinski definition) is 0. The normalized spacial score (nSPS) is 13.6. The van der Waals surface area contributed by atoms with Crippen LogP contribution in [-0.2, 0) is 11.3 Å². The Morgan fingerprint density at radius 2 is 1.93 bits per heavy atom. The first-order valence-corrected chi connectivity index (χ1v) is 9.14. The van der Waals surface area contributed by atoms with Gasteiger partial charge in [-0.1, -0.05) is 18.2 Å². The van der Waals surface area contributed by atoms with Gasteiger partial charge < -0.3 is 14.4 Å². The van der Waals surface area contributed by atoms with Crippen LogP contribution in [0.5, 0.6) is 11.5 Å². The number of carbonyl (C=O) groups excluding carboxylic acids is 1. The molecule has 4 nitrogen and oxygen atoms in total. The highest BCUT2D eigenvalue weighted by molar-refractivity contribution is 5.92. The third-order valence-electron chi connectivity index (χ3n) is 4.44. The van der Waals surface area contributed by atoms with Crippen molar-refractivity contribution in [2.75, 3.05) is 13.7 Å². The minimum atomic E-state index is -0.271. The second-order valence-electron chi connectivity index (χ2n) is 6.50. The number of amides is 1. The molecule has 142 valence electrons. The van der Waals surface area contributed by atoms with Crippen molar-refractivity contribution in [2.45, 2.75) is 32.4 Å². The zero-order chi connectivity index (χ0) is 19.2. The summed E-state index contributed by atoms with van der Waals surface area (Å²) in [4.78, 5) is 14.6. The Labute approximate surface area is 159 Å². The van der Waals surface area contributed by atoms with Crippen LogP contribution < -0.4 is 9.47 Å². The van der Waals surface area contributed by atoms with Crippen molar-refractivity contribution < 1.29 is 18.7 Å². The molecule has 2 aromatic rings. The first-order valence-electron chi connectivity index (χ1n) is 9.14. The topological polar surface area (TPSA) is 38.8 Å². The fourth-order valence-electron chi connectivity index (χ4n) is 2.89. The summed E-state index contributed by atoms with van der Waals surface area (Å²) in [5, 5.41) is 0. The fraction of sp³-hybridized carbons (Fsp3) is 0.318. The Bertz CT molecular complexity index is 813. The van der Waals surface area contributed by atoms with E-state index < -0.39 is 0 Å². The van der Waals surface area contributed by atoms with Crippen molar-refractivity contribution >= 4 is 12.0 Å². The summed E-state index contributed by atoms with van der Waals surface area (Å²) in [6.07, 6.45) is 5.39. The maximum absolute atomic E-state index is 13.1. The lowest BCUT2D eigenvalue weighted by Crippen LogP contribution is -2.31. The number of carbonyl (C=O) groups is 1. The van der Waals surface area contributed by atoms with Crippen LogP contribution in [0.15, 0.2) is 48.5 Å². The molecule has 0 heterocycles. The highest BCUT2D eigenvalue weighted by Crippen LogP contribution is 2.30. The number of ether oxygens (including phenoxy) is 2. The van der Waals surface area contributed by atoms with Crippen molar-refractivity contribution in [3.05, 3.63) is 65.5 Å². The van der Waals surface area contributed by atoms with Crippen molar-refractivity contribution in [3.8, 4) is 11.5 Å². The van der Waals surface area contributed by atoms with Gasteiger partial charge in [0.15, 0.2) is 11.5 Å². The highest BCUT2D eigenvalue weighted by atomic mass is 19.1. The summed E-state index contributed by atoms with van der Waals surface area (Å²) in [6.45, 7) is 2.94. The Kier molecular flexibility index (Phi) is 6.12. The molecule has 27 heavy (non-hydrogen) atoms. The largest absolute Gasteiger partial charge is 0.493 e.